The van der Waals surface area contributed by atoms with Gasteiger partial charge in [0, 0.05) is 17.7 Å². The van der Waals surface area contributed by atoms with Crippen molar-refractivity contribution in [2.24, 2.45) is 0 Å². The minimum absolute atomic E-state index is 0.0826. The van der Waals surface area contributed by atoms with Crippen molar-refractivity contribution >= 4 is 5.91 Å². The minimum Gasteiger partial charge on any atom is -0.326 e. The molecule has 1 aromatic heterocycles. The SMILES string of the molecule is CCCN1C(=O)c2[nH]nc(-c3ccccc3)c2C1c1cccc(F)c1. The number of hydrogen-bond donors (Lipinski definition) is 1. The third-order valence-corrected chi connectivity index (χ3v) is 4.54. The highest BCUT2D eigenvalue weighted by Crippen LogP contribution is 2.42. The van der Waals surface area contributed by atoms with Gasteiger partial charge in [0.2, 0.25) is 0 Å². The van der Waals surface area contributed by atoms with E-state index in [0.717, 1.165) is 28.8 Å². The Balaban J connectivity index is 1.91. The Morgan fingerprint density at radius 2 is 1.96 bits per heavy atom. The fourth-order valence-corrected chi connectivity index (χ4v) is 3.51. The molecule has 1 N–H and O–H groups in total. The fraction of sp³-hybridized carbons (Fsp3) is 0.200. The van der Waals surface area contributed by atoms with Crippen LogP contribution < -0.4 is 0 Å². The van der Waals surface area contributed by atoms with Crippen LogP contribution in [0.1, 0.15) is 41.0 Å². The number of aromatic amines is 1. The summed E-state index contributed by atoms with van der Waals surface area (Å²) in [7, 11) is 0. The van der Waals surface area contributed by atoms with E-state index in [9.17, 15) is 9.18 Å². The molecule has 1 amide bonds. The first-order valence-electron chi connectivity index (χ1n) is 8.40. The molecule has 5 heteroatoms. The predicted molar refractivity (Wildman–Crippen MR) is 93.6 cm³/mol. The molecule has 4 rings (SSSR count). The Labute approximate surface area is 145 Å². The number of fused-ring (bicyclic) bond motifs is 1. The second kappa shape index (κ2) is 6.16. The summed E-state index contributed by atoms with van der Waals surface area (Å²) in [6, 6.07) is 15.9. The van der Waals surface area contributed by atoms with Gasteiger partial charge in [0.15, 0.2) is 0 Å². The van der Waals surface area contributed by atoms with E-state index in [-0.39, 0.29) is 17.8 Å². The van der Waals surface area contributed by atoms with Gasteiger partial charge in [-0.05, 0) is 24.1 Å². The van der Waals surface area contributed by atoms with Gasteiger partial charge in [-0.2, -0.15) is 5.10 Å². The molecule has 2 heterocycles. The number of carbonyl (C=O) groups is 1. The van der Waals surface area contributed by atoms with E-state index in [0.29, 0.717) is 12.2 Å². The first-order chi connectivity index (χ1) is 12.2. The van der Waals surface area contributed by atoms with Crippen LogP contribution in [0.25, 0.3) is 11.3 Å². The Kier molecular flexibility index (Phi) is 3.84. The summed E-state index contributed by atoms with van der Waals surface area (Å²) in [6.45, 7) is 2.63. The number of H-pyrrole nitrogens is 1. The van der Waals surface area contributed by atoms with Crippen molar-refractivity contribution in [3.8, 4) is 11.3 Å². The third-order valence-electron chi connectivity index (χ3n) is 4.54. The standard InChI is InChI=1S/C20H18FN3O/c1-2-11-24-19(14-9-6-10-15(21)12-14)16-17(13-7-4-3-5-8-13)22-23-18(16)20(24)25/h3-10,12,19H,2,11H2,1H3,(H,22,23). The van der Waals surface area contributed by atoms with Crippen LogP contribution in [0.2, 0.25) is 0 Å². The Morgan fingerprint density at radius 1 is 1.16 bits per heavy atom. The molecular formula is C20H18FN3O. The number of carbonyl (C=O) groups excluding carboxylic acids is 1. The maximum absolute atomic E-state index is 13.8. The third kappa shape index (κ3) is 2.52. The van der Waals surface area contributed by atoms with Crippen LogP contribution in [-0.2, 0) is 0 Å². The predicted octanol–water partition coefficient (Wildman–Crippen LogP) is 4.17. The maximum Gasteiger partial charge on any atom is 0.273 e. The molecule has 0 fully saturated rings. The highest BCUT2D eigenvalue weighted by atomic mass is 19.1. The average Bonchev–Trinajstić information content (AvgIpc) is 3.16. The van der Waals surface area contributed by atoms with Gasteiger partial charge in [-0.15, -0.1) is 0 Å². The molecule has 0 spiro atoms. The quantitative estimate of drug-likeness (QED) is 0.778. The Hall–Kier alpha value is -2.95. The van der Waals surface area contributed by atoms with Crippen molar-refractivity contribution in [3.05, 3.63) is 77.2 Å². The zero-order valence-corrected chi connectivity index (χ0v) is 13.9. The van der Waals surface area contributed by atoms with E-state index in [2.05, 4.69) is 10.2 Å². The van der Waals surface area contributed by atoms with Crippen LogP contribution in [0.3, 0.4) is 0 Å². The van der Waals surface area contributed by atoms with Crippen LogP contribution in [0.15, 0.2) is 54.6 Å². The van der Waals surface area contributed by atoms with Crippen molar-refractivity contribution in [1.29, 1.82) is 0 Å². The van der Waals surface area contributed by atoms with E-state index >= 15 is 0 Å². The van der Waals surface area contributed by atoms with Crippen molar-refractivity contribution in [3.63, 3.8) is 0 Å². The van der Waals surface area contributed by atoms with E-state index in [1.807, 2.05) is 43.3 Å². The molecule has 1 atom stereocenters. The van der Waals surface area contributed by atoms with Gasteiger partial charge in [0.1, 0.15) is 11.5 Å². The summed E-state index contributed by atoms with van der Waals surface area (Å²) in [5.41, 5.74) is 3.78. The minimum atomic E-state index is -0.327. The van der Waals surface area contributed by atoms with Gasteiger partial charge in [0.05, 0.1) is 11.7 Å². The molecule has 0 aliphatic carbocycles. The number of nitrogens with zero attached hydrogens (tertiary/aromatic N) is 2. The molecule has 1 aliphatic rings. The van der Waals surface area contributed by atoms with Crippen LogP contribution >= 0.6 is 0 Å². The van der Waals surface area contributed by atoms with E-state index in [1.165, 1.54) is 12.1 Å². The highest BCUT2D eigenvalue weighted by Gasteiger charge is 2.41. The summed E-state index contributed by atoms with van der Waals surface area (Å²) in [6.07, 6.45) is 0.829. The van der Waals surface area contributed by atoms with Crippen molar-refractivity contribution in [2.75, 3.05) is 6.54 Å². The normalized spacial score (nSPS) is 16.3. The number of aromatic nitrogens is 2. The summed E-state index contributed by atoms with van der Waals surface area (Å²) < 4.78 is 13.8. The molecule has 25 heavy (non-hydrogen) atoms. The molecule has 1 unspecified atom stereocenters. The number of hydrogen-bond acceptors (Lipinski definition) is 2. The fourth-order valence-electron chi connectivity index (χ4n) is 3.51. The second-order valence-electron chi connectivity index (χ2n) is 6.18. The summed E-state index contributed by atoms with van der Waals surface area (Å²) in [5.74, 6) is -0.389. The van der Waals surface area contributed by atoms with E-state index < -0.39 is 0 Å². The topological polar surface area (TPSA) is 49.0 Å². The summed E-state index contributed by atoms with van der Waals surface area (Å²) >= 11 is 0. The van der Waals surface area contributed by atoms with Gasteiger partial charge >= 0.3 is 0 Å². The zero-order chi connectivity index (χ0) is 17.4. The Bertz CT molecular complexity index is 920. The van der Waals surface area contributed by atoms with Crippen LogP contribution in [0.4, 0.5) is 4.39 Å². The number of benzene rings is 2. The average molecular weight is 335 g/mol. The molecule has 3 aromatic rings. The van der Waals surface area contributed by atoms with E-state index in [4.69, 9.17) is 0 Å². The lowest BCUT2D eigenvalue weighted by atomic mass is 9.96. The van der Waals surface area contributed by atoms with Crippen molar-refractivity contribution in [1.82, 2.24) is 15.1 Å². The summed E-state index contributed by atoms with van der Waals surface area (Å²) in [4.78, 5) is 14.7. The molecule has 0 saturated heterocycles. The molecule has 0 radical (unpaired) electrons. The molecule has 4 nitrogen and oxygen atoms in total. The van der Waals surface area contributed by atoms with Gasteiger partial charge in [-0.3, -0.25) is 9.89 Å². The number of nitrogens with one attached hydrogen (secondary N) is 1. The lowest BCUT2D eigenvalue weighted by Crippen LogP contribution is -2.30. The molecule has 0 bridgehead atoms. The Morgan fingerprint density at radius 3 is 2.68 bits per heavy atom. The number of rotatable bonds is 4. The van der Waals surface area contributed by atoms with Crippen molar-refractivity contribution < 1.29 is 9.18 Å². The van der Waals surface area contributed by atoms with E-state index in [1.54, 1.807) is 11.0 Å². The first-order valence-corrected chi connectivity index (χ1v) is 8.40. The highest BCUT2D eigenvalue weighted by molar-refractivity contribution is 6.00. The van der Waals surface area contributed by atoms with Gasteiger partial charge < -0.3 is 4.90 Å². The number of amides is 1. The molecular weight excluding hydrogens is 317 g/mol. The summed E-state index contributed by atoms with van der Waals surface area (Å²) in [5, 5.41) is 7.29. The smallest absolute Gasteiger partial charge is 0.273 e. The van der Waals surface area contributed by atoms with Gasteiger partial charge in [-0.25, -0.2) is 4.39 Å². The lowest BCUT2D eigenvalue weighted by Gasteiger charge is -2.26. The maximum atomic E-state index is 13.8. The van der Waals surface area contributed by atoms with Crippen molar-refractivity contribution in [2.45, 2.75) is 19.4 Å². The second-order valence-corrected chi connectivity index (χ2v) is 6.18. The first kappa shape index (κ1) is 15.6. The molecule has 126 valence electrons. The van der Waals surface area contributed by atoms with Gasteiger partial charge in [0.25, 0.3) is 5.91 Å². The molecule has 2 aromatic carbocycles. The zero-order valence-electron chi connectivity index (χ0n) is 13.9. The lowest BCUT2D eigenvalue weighted by molar-refractivity contribution is 0.0743. The van der Waals surface area contributed by atoms with Crippen LogP contribution in [0.5, 0.6) is 0 Å². The molecule has 0 saturated carbocycles. The molecule has 1 aliphatic heterocycles. The van der Waals surface area contributed by atoms with Gasteiger partial charge in [-0.1, -0.05) is 49.4 Å². The van der Waals surface area contributed by atoms with Crippen LogP contribution in [-0.4, -0.2) is 27.5 Å². The largest absolute Gasteiger partial charge is 0.326 e. The number of halogens is 1. The monoisotopic (exact) mass is 335 g/mol. The van der Waals surface area contributed by atoms with Crippen LogP contribution in [0, 0.1) is 5.82 Å².